The first kappa shape index (κ1) is 14.9. The van der Waals surface area contributed by atoms with Crippen LogP contribution >= 0.6 is 0 Å². The number of hydrogen-bond acceptors (Lipinski definition) is 4. The molecule has 0 aromatic carbocycles. The molecule has 1 aliphatic rings. The molecular formula is C12H22N2O4. The van der Waals surface area contributed by atoms with E-state index < -0.39 is 12.0 Å². The lowest BCUT2D eigenvalue weighted by Gasteiger charge is -2.35. The molecule has 0 aliphatic carbocycles. The Morgan fingerprint density at radius 2 is 2.06 bits per heavy atom. The number of ether oxygens (including phenoxy) is 1. The highest BCUT2D eigenvalue weighted by Gasteiger charge is 2.29. The van der Waals surface area contributed by atoms with E-state index in [9.17, 15) is 9.59 Å². The second kappa shape index (κ2) is 7.33. The van der Waals surface area contributed by atoms with Gasteiger partial charge in [-0.25, -0.2) is 0 Å². The summed E-state index contributed by atoms with van der Waals surface area (Å²) in [5, 5.41) is 11.9. The highest BCUT2D eigenvalue weighted by atomic mass is 16.5. The van der Waals surface area contributed by atoms with Crippen LogP contribution in [0.2, 0.25) is 0 Å². The molecule has 2 N–H and O–H groups in total. The molecule has 1 amide bonds. The average molecular weight is 258 g/mol. The second-order valence-electron chi connectivity index (χ2n) is 4.73. The third kappa shape index (κ3) is 4.62. The fraction of sp³-hybridized carbons (Fsp3) is 0.833. The van der Waals surface area contributed by atoms with Crippen LogP contribution in [-0.2, 0) is 14.3 Å². The van der Waals surface area contributed by atoms with E-state index in [4.69, 9.17) is 9.84 Å². The van der Waals surface area contributed by atoms with Crippen molar-refractivity contribution in [2.75, 3.05) is 33.4 Å². The van der Waals surface area contributed by atoms with Gasteiger partial charge in [0.25, 0.3) is 0 Å². The number of piperidine rings is 1. The molecule has 0 aromatic rings. The number of nitrogens with zero attached hydrogens (tertiary/aromatic N) is 1. The largest absolute Gasteiger partial charge is 0.480 e. The predicted octanol–water partition coefficient (Wildman–Crippen LogP) is -0.0659. The smallest absolute Gasteiger partial charge is 0.323 e. The molecule has 1 unspecified atom stereocenters. The summed E-state index contributed by atoms with van der Waals surface area (Å²) in [6, 6.07) is -0.559. The van der Waals surface area contributed by atoms with Crippen molar-refractivity contribution < 1.29 is 19.4 Å². The number of carbonyl (C=O) groups is 2. The van der Waals surface area contributed by atoms with E-state index >= 15 is 0 Å². The number of methoxy groups -OCH3 is 1. The molecule has 0 saturated carbocycles. The van der Waals surface area contributed by atoms with E-state index in [1.54, 1.807) is 0 Å². The molecule has 0 spiro atoms. The molecule has 1 rings (SSSR count). The lowest BCUT2D eigenvalue weighted by atomic mass is 9.95. The molecule has 6 heteroatoms. The second-order valence-corrected chi connectivity index (χ2v) is 4.73. The fourth-order valence-corrected chi connectivity index (χ4v) is 2.25. The minimum absolute atomic E-state index is 0.0137. The normalized spacial score (nSPS) is 19.4. The molecule has 1 fully saturated rings. The van der Waals surface area contributed by atoms with Gasteiger partial charge in [-0.1, -0.05) is 0 Å². The number of rotatable bonds is 6. The van der Waals surface area contributed by atoms with E-state index in [-0.39, 0.29) is 12.5 Å². The van der Waals surface area contributed by atoms with Gasteiger partial charge in [0.15, 0.2) is 0 Å². The van der Waals surface area contributed by atoms with Crippen molar-refractivity contribution in [2.24, 2.45) is 5.92 Å². The number of likely N-dealkylation sites (tertiary alicyclic amines) is 1. The maximum absolute atomic E-state index is 11.1. The molecule has 18 heavy (non-hydrogen) atoms. The standard InChI is InChI=1S/C12H22N2O4/c1-9(15)13-7-10-3-5-14(6-4-10)11(8-18-2)12(16)17/h10-11H,3-8H2,1-2H3,(H,13,15)(H,16,17). The van der Waals surface area contributed by atoms with E-state index in [2.05, 4.69) is 5.32 Å². The van der Waals surface area contributed by atoms with Gasteiger partial charge in [0.05, 0.1) is 6.61 Å². The van der Waals surface area contributed by atoms with Gasteiger partial charge in [-0.15, -0.1) is 0 Å². The Kier molecular flexibility index (Phi) is 6.07. The summed E-state index contributed by atoms with van der Waals surface area (Å²) in [4.78, 5) is 23.9. The third-order valence-corrected chi connectivity index (χ3v) is 3.34. The van der Waals surface area contributed by atoms with E-state index in [0.29, 0.717) is 12.5 Å². The van der Waals surface area contributed by atoms with E-state index in [1.807, 2.05) is 4.90 Å². The van der Waals surface area contributed by atoms with Crippen LogP contribution < -0.4 is 5.32 Å². The Balaban J connectivity index is 2.37. The van der Waals surface area contributed by atoms with Crippen LogP contribution in [0, 0.1) is 5.92 Å². The van der Waals surface area contributed by atoms with Crippen molar-refractivity contribution in [3.05, 3.63) is 0 Å². The van der Waals surface area contributed by atoms with Gasteiger partial charge in [-0.05, 0) is 31.8 Å². The molecule has 1 heterocycles. The van der Waals surface area contributed by atoms with Crippen molar-refractivity contribution in [3.8, 4) is 0 Å². The first-order valence-corrected chi connectivity index (χ1v) is 6.24. The number of carboxylic acids is 1. The van der Waals surface area contributed by atoms with Gasteiger partial charge in [-0.2, -0.15) is 0 Å². The molecule has 1 saturated heterocycles. The highest BCUT2D eigenvalue weighted by Crippen LogP contribution is 2.18. The summed E-state index contributed by atoms with van der Waals surface area (Å²) >= 11 is 0. The molecule has 1 atom stereocenters. The summed E-state index contributed by atoms with van der Waals surface area (Å²) in [7, 11) is 1.51. The van der Waals surface area contributed by atoms with Crippen LogP contribution in [0.15, 0.2) is 0 Å². The Labute approximate surface area is 107 Å². The fourth-order valence-electron chi connectivity index (χ4n) is 2.25. The Bertz CT molecular complexity index is 288. The van der Waals surface area contributed by atoms with Gasteiger partial charge in [-0.3, -0.25) is 14.5 Å². The SMILES string of the molecule is COCC(C(=O)O)N1CCC(CNC(C)=O)CC1. The molecule has 104 valence electrons. The number of nitrogens with one attached hydrogen (secondary N) is 1. The zero-order valence-electron chi connectivity index (χ0n) is 11.0. The van der Waals surface area contributed by atoms with Gasteiger partial charge >= 0.3 is 5.97 Å². The molecule has 0 bridgehead atoms. The minimum atomic E-state index is -0.836. The first-order valence-electron chi connectivity index (χ1n) is 6.24. The van der Waals surface area contributed by atoms with Crippen LogP contribution in [0.3, 0.4) is 0 Å². The van der Waals surface area contributed by atoms with Crippen molar-refractivity contribution in [2.45, 2.75) is 25.8 Å². The van der Waals surface area contributed by atoms with Crippen molar-refractivity contribution in [1.29, 1.82) is 0 Å². The van der Waals surface area contributed by atoms with Crippen LogP contribution in [-0.4, -0.2) is 61.3 Å². The zero-order valence-corrected chi connectivity index (χ0v) is 11.0. The predicted molar refractivity (Wildman–Crippen MR) is 66.3 cm³/mol. The van der Waals surface area contributed by atoms with Crippen LogP contribution in [0.1, 0.15) is 19.8 Å². The first-order chi connectivity index (χ1) is 8.54. The number of amides is 1. The molecule has 0 aromatic heterocycles. The van der Waals surface area contributed by atoms with Gasteiger partial charge in [0, 0.05) is 20.6 Å². The van der Waals surface area contributed by atoms with Gasteiger partial charge in [0.1, 0.15) is 6.04 Å². The number of carbonyl (C=O) groups excluding carboxylic acids is 1. The van der Waals surface area contributed by atoms with Gasteiger partial charge < -0.3 is 15.2 Å². The molecular weight excluding hydrogens is 236 g/mol. The molecule has 1 aliphatic heterocycles. The van der Waals surface area contributed by atoms with Crippen LogP contribution in [0.5, 0.6) is 0 Å². The topological polar surface area (TPSA) is 78.9 Å². The number of hydrogen-bond donors (Lipinski definition) is 2. The van der Waals surface area contributed by atoms with Crippen molar-refractivity contribution in [3.63, 3.8) is 0 Å². The maximum atomic E-state index is 11.1. The zero-order chi connectivity index (χ0) is 13.5. The minimum Gasteiger partial charge on any atom is -0.480 e. The molecule has 6 nitrogen and oxygen atoms in total. The summed E-state index contributed by atoms with van der Waals surface area (Å²) in [5.74, 6) is -0.403. The Hall–Kier alpha value is -1.14. The highest BCUT2D eigenvalue weighted by molar-refractivity contribution is 5.73. The monoisotopic (exact) mass is 258 g/mol. The third-order valence-electron chi connectivity index (χ3n) is 3.34. The summed E-state index contributed by atoms with van der Waals surface area (Å²) in [6.07, 6.45) is 1.82. The Morgan fingerprint density at radius 3 is 2.50 bits per heavy atom. The summed E-state index contributed by atoms with van der Waals surface area (Å²) in [5.41, 5.74) is 0. The summed E-state index contributed by atoms with van der Waals surface area (Å²) in [6.45, 7) is 3.89. The van der Waals surface area contributed by atoms with Crippen molar-refractivity contribution in [1.82, 2.24) is 10.2 Å². The van der Waals surface area contributed by atoms with E-state index in [0.717, 1.165) is 25.9 Å². The van der Waals surface area contributed by atoms with E-state index in [1.165, 1.54) is 14.0 Å². The maximum Gasteiger partial charge on any atom is 0.323 e. The van der Waals surface area contributed by atoms with Gasteiger partial charge in [0.2, 0.25) is 5.91 Å². The number of carboxylic acid groups (broad SMARTS) is 1. The average Bonchev–Trinajstić information content (AvgIpc) is 2.34. The number of aliphatic carboxylic acids is 1. The summed E-state index contributed by atoms with van der Waals surface area (Å²) < 4.78 is 4.94. The van der Waals surface area contributed by atoms with Crippen molar-refractivity contribution >= 4 is 11.9 Å². The quantitative estimate of drug-likeness (QED) is 0.697. The lowest BCUT2D eigenvalue weighted by molar-refractivity contribution is -0.146. The van der Waals surface area contributed by atoms with Crippen LogP contribution in [0.4, 0.5) is 0 Å². The molecule has 0 radical (unpaired) electrons. The van der Waals surface area contributed by atoms with Crippen LogP contribution in [0.25, 0.3) is 0 Å². The lowest BCUT2D eigenvalue weighted by Crippen LogP contribution is -2.49. The Morgan fingerprint density at radius 1 is 1.44 bits per heavy atom.